The van der Waals surface area contributed by atoms with Gasteiger partial charge in [-0.15, -0.1) is 0 Å². The third-order valence-electron chi connectivity index (χ3n) is 7.92. The molecule has 0 aliphatic carbocycles. The number of phosphoric ester groups is 1. The molecule has 290 valence electrons. The Kier molecular flexibility index (Phi) is 35.3. The van der Waals surface area contributed by atoms with E-state index in [0.717, 1.165) is 64.2 Å². The molecule has 50 heavy (non-hydrogen) atoms. The molecule has 2 unspecified atom stereocenters. The highest BCUT2D eigenvalue weighted by molar-refractivity contribution is 7.47. The van der Waals surface area contributed by atoms with Gasteiger partial charge < -0.3 is 19.7 Å². The maximum Gasteiger partial charge on any atom is 0.472 e. The molecule has 0 amide bonds. The van der Waals surface area contributed by atoms with E-state index in [1.165, 1.54) is 51.4 Å². The van der Waals surface area contributed by atoms with Crippen LogP contribution in [0.1, 0.15) is 155 Å². The standard InChI is InChI=1S/C40H72NO8P/c1-4-6-8-10-12-14-16-18-19-21-22-24-26-28-30-32-39(42)46-36-38(37-48-50(44,45)47-35-34-41-3)49-40(43)33-31-29-27-25-23-20-17-15-13-11-9-7-5-2/h12,14-15,17-19,22,24,38,41H,4-11,13,16,20-21,23,25-37H2,1-3H3,(H,44,45)/b14-12-,17-15-,19-18-,24-22-. The van der Waals surface area contributed by atoms with Gasteiger partial charge >= 0.3 is 19.8 Å². The zero-order chi connectivity index (χ0) is 36.8. The Labute approximate surface area is 305 Å². The fourth-order valence-electron chi connectivity index (χ4n) is 4.90. The molecule has 0 aliphatic rings. The second kappa shape index (κ2) is 36.8. The van der Waals surface area contributed by atoms with Crippen LogP contribution in [0, 0.1) is 0 Å². The fraction of sp³-hybridized carbons (Fsp3) is 0.750. The maximum atomic E-state index is 12.6. The van der Waals surface area contributed by atoms with Gasteiger partial charge in [0.2, 0.25) is 0 Å². The molecule has 0 radical (unpaired) electrons. The van der Waals surface area contributed by atoms with Gasteiger partial charge in [-0.1, -0.05) is 114 Å². The van der Waals surface area contributed by atoms with Crippen molar-refractivity contribution in [2.75, 3.05) is 33.4 Å². The fourth-order valence-corrected chi connectivity index (χ4v) is 5.66. The lowest BCUT2D eigenvalue weighted by molar-refractivity contribution is -0.161. The molecule has 0 aromatic rings. The van der Waals surface area contributed by atoms with E-state index >= 15 is 0 Å². The number of esters is 2. The first-order chi connectivity index (χ1) is 24.3. The lowest BCUT2D eigenvalue weighted by Gasteiger charge is -2.20. The number of carbonyl (C=O) groups excluding carboxylic acids is 2. The van der Waals surface area contributed by atoms with E-state index in [-0.39, 0.29) is 26.1 Å². The van der Waals surface area contributed by atoms with Crippen LogP contribution in [0.4, 0.5) is 0 Å². The number of unbranched alkanes of at least 4 members (excludes halogenated alkanes) is 14. The molecule has 10 heteroatoms. The van der Waals surface area contributed by atoms with Gasteiger partial charge in [0, 0.05) is 19.4 Å². The van der Waals surface area contributed by atoms with Crippen LogP contribution in [-0.2, 0) is 32.7 Å². The van der Waals surface area contributed by atoms with Crippen LogP contribution in [0.5, 0.6) is 0 Å². The third kappa shape index (κ3) is 35.8. The van der Waals surface area contributed by atoms with E-state index < -0.39 is 32.5 Å². The highest BCUT2D eigenvalue weighted by Gasteiger charge is 2.26. The Balaban J connectivity index is 4.37. The summed E-state index contributed by atoms with van der Waals surface area (Å²) in [7, 11) is -2.66. The largest absolute Gasteiger partial charge is 0.472 e. The summed E-state index contributed by atoms with van der Waals surface area (Å²) in [5, 5.41) is 2.81. The zero-order valence-corrected chi connectivity index (χ0v) is 32.7. The van der Waals surface area contributed by atoms with Crippen molar-refractivity contribution < 1.29 is 37.6 Å². The highest BCUT2D eigenvalue weighted by atomic mass is 31.2. The van der Waals surface area contributed by atoms with E-state index in [9.17, 15) is 19.0 Å². The second-order valence-electron chi connectivity index (χ2n) is 12.8. The van der Waals surface area contributed by atoms with Crippen molar-refractivity contribution in [3.05, 3.63) is 48.6 Å². The SMILES string of the molecule is CCCCC/C=C\C/C=C\C/C=C\CCCCC(=O)OCC(COP(=O)(O)OCCNC)OC(=O)CCCCCCC/C=C\CCCCCC. The summed E-state index contributed by atoms with van der Waals surface area (Å²) in [4.78, 5) is 34.9. The van der Waals surface area contributed by atoms with Gasteiger partial charge in [0.15, 0.2) is 6.10 Å². The molecule has 0 aromatic heterocycles. The van der Waals surface area contributed by atoms with Crippen LogP contribution in [0.2, 0.25) is 0 Å². The van der Waals surface area contributed by atoms with E-state index in [0.29, 0.717) is 19.4 Å². The summed E-state index contributed by atoms with van der Waals surface area (Å²) in [6, 6.07) is 0. The Bertz CT molecular complexity index is 965. The molecule has 0 aliphatic heterocycles. The van der Waals surface area contributed by atoms with Crippen molar-refractivity contribution in [1.82, 2.24) is 5.32 Å². The van der Waals surface area contributed by atoms with Crippen LogP contribution >= 0.6 is 7.82 Å². The zero-order valence-electron chi connectivity index (χ0n) is 31.8. The molecule has 0 fully saturated rings. The summed E-state index contributed by atoms with van der Waals surface area (Å²) in [5.41, 5.74) is 0. The topological polar surface area (TPSA) is 120 Å². The average molecular weight is 726 g/mol. The molecule has 0 spiro atoms. The first-order valence-corrected chi connectivity index (χ1v) is 21.1. The Morgan fingerprint density at radius 3 is 1.70 bits per heavy atom. The number of carbonyl (C=O) groups is 2. The van der Waals surface area contributed by atoms with Crippen molar-refractivity contribution in [3.63, 3.8) is 0 Å². The van der Waals surface area contributed by atoms with Crippen LogP contribution in [-0.4, -0.2) is 56.3 Å². The predicted molar refractivity (Wildman–Crippen MR) is 206 cm³/mol. The van der Waals surface area contributed by atoms with Gasteiger partial charge in [-0.3, -0.25) is 18.6 Å². The van der Waals surface area contributed by atoms with Crippen molar-refractivity contribution in [1.29, 1.82) is 0 Å². The molecule has 0 heterocycles. The van der Waals surface area contributed by atoms with Crippen molar-refractivity contribution in [2.24, 2.45) is 0 Å². The lowest BCUT2D eigenvalue weighted by atomic mass is 10.1. The first kappa shape index (κ1) is 48.0. The van der Waals surface area contributed by atoms with Gasteiger partial charge in [0.1, 0.15) is 6.61 Å². The summed E-state index contributed by atoms with van der Waals surface area (Å²) in [6.45, 7) is 4.10. The number of hydrogen-bond acceptors (Lipinski definition) is 8. The van der Waals surface area contributed by atoms with E-state index in [1.54, 1.807) is 7.05 Å². The minimum absolute atomic E-state index is 0.0260. The third-order valence-corrected chi connectivity index (χ3v) is 8.91. The van der Waals surface area contributed by atoms with Crippen molar-refractivity contribution in [2.45, 2.75) is 161 Å². The first-order valence-electron chi connectivity index (χ1n) is 19.6. The smallest absolute Gasteiger partial charge is 0.462 e. The summed E-state index contributed by atoms with van der Waals surface area (Å²) in [6.07, 6.45) is 38.7. The summed E-state index contributed by atoms with van der Waals surface area (Å²) >= 11 is 0. The number of nitrogens with one attached hydrogen (secondary N) is 1. The van der Waals surface area contributed by atoms with E-state index in [1.807, 2.05) is 0 Å². The number of allylic oxidation sites excluding steroid dienone is 8. The molecule has 0 saturated carbocycles. The van der Waals surface area contributed by atoms with Gasteiger partial charge in [0.05, 0.1) is 13.2 Å². The molecule has 2 N–H and O–H groups in total. The van der Waals surface area contributed by atoms with Crippen LogP contribution in [0.3, 0.4) is 0 Å². The minimum atomic E-state index is -4.35. The minimum Gasteiger partial charge on any atom is -0.462 e. The summed E-state index contributed by atoms with van der Waals surface area (Å²) in [5.74, 6) is -0.866. The Hall–Kier alpha value is -2.03. The Morgan fingerprint density at radius 2 is 1.08 bits per heavy atom. The van der Waals surface area contributed by atoms with Gasteiger partial charge in [-0.2, -0.15) is 0 Å². The number of likely N-dealkylation sites (N-methyl/N-ethyl adjacent to an activating group) is 1. The van der Waals surface area contributed by atoms with Gasteiger partial charge in [-0.05, 0) is 84.1 Å². The van der Waals surface area contributed by atoms with Crippen LogP contribution in [0.15, 0.2) is 48.6 Å². The Morgan fingerprint density at radius 1 is 0.620 bits per heavy atom. The predicted octanol–water partition coefficient (Wildman–Crippen LogP) is 10.6. The number of phosphoric acid groups is 1. The molecule has 0 bridgehead atoms. The number of ether oxygens (including phenoxy) is 2. The van der Waals surface area contributed by atoms with Crippen LogP contribution in [0.25, 0.3) is 0 Å². The highest BCUT2D eigenvalue weighted by Crippen LogP contribution is 2.43. The van der Waals surface area contributed by atoms with Crippen molar-refractivity contribution >= 4 is 19.8 Å². The molecule has 9 nitrogen and oxygen atoms in total. The molecule has 0 rings (SSSR count). The molecule has 0 saturated heterocycles. The molecule has 0 aromatic carbocycles. The lowest BCUT2D eigenvalue weighted by Crippen LogP contribution is -2.29. The number of hydrogen-bond donors (Lipinski definition) is 2. The normalized spacial score (nSPS) is 13.9. The molecular weight excluding hydrogens is 653 g/mol. The number of rotatable bonds is 36. The molecular formula is C40H72NO8P. The average Bonchev–Trinajstić information content (AvgIpc) is 3.09. The quantitative estimate of drug-likeness (QED) is 0.0281. The maximum absolute atomic E-state index is 12.6. The second-order valence-corrected chi connectivity index (χ2v) is 14.2. The monoisotopic (exact) mass is 725 g/mol. The van der Waals surface area contributed by atoms with Crippen LogP contribution < -0.4 is 5.32 Å². The molecule has 2 atom stereocenters. The summed E-state index contributed by atoms with van der Waals surface area (Å²) < 4.78 is 33.0. The van der Waals surface area contributed by atoms with E-state index in [4.69, 9.17) is 18.5 Å². The van der Waals surface area contributed by atoms with Gasteiger partial charge in [0.25, 0.3) is 0 Å². The van der Waals surface area contributed by atoms with Crippen molar-refractivity contribution in [3.8, 4) is 0 Å². The van der Waals surface area contributed by atoms with E-state index in [2.05, 4.69) is 67.8 Å². The van der Waals surface area contributed by atoms with Gasteiger partial charge in [-0.25, -0.2) is 4.57 Å².